The molecule has 0 aromatic carbocycles. The van der Waals surface area contributed by atoms with Gasteiger partial charge in [0, 0.05) is 19.4 Å². The van der Waals surface area contributed by atoms with Crippen LogP contribution < -0.4 is 0 Å². The minimum absolute atomic E-state index is 0.0226. The number of unbranched alkanes of at least 4 members (excludes halogenated alkanes) is 17. The average Bonchev–Trinajstić information content (AvgIpc) is 3.11. The van der Waals surface area contributed by atoms with Gasteiger partial charge in [0.1, 0.15) is 12.7 Å². The van der Waals surface area contributed by atoms with Crippen LogP contribution in [0.3, 0.4) is 0 Å². The van der Waals surface area contributed by atoms with E-state index < -0.39 is 0 Å². The Kier molecular flexibility index (Phi) is 32.3. The van der Waals surface area contributed by atoms with Crippen molar-refractivity contribution in [2.45, 2.75) is 213 Å². The molecule has 6 heteroatoms. The highest BCUT2D eigenvalue weighted by molar-refractivity contribution is 5.69. The van der Waals surface area contributed by atoms with Crippen molar-refractivity contribution in [3.8, 4) is 0 Å². The number of hydrogen-bond donors (Lipinski definition) is 1. The van der Waals surface area contributed by atoms with Gasteiger partial charge in [-0.25, -0.2) is 0 Å². The summed E-state index contributed by atoms with van der Waals surface area (Å²) in [4.78, 5) is 27.0. The van der Waals surface area contributed by atoms with Gasteiger partial charge in [-0.05, 0) is 82.7 Å². The summed E-state index contributed by atoms with van der Waals surface area (Å²) in [6.45, 7) is 10.2. The zero-order valence-electron chi connectivity index (χ0n) is 33.5. The van der Waals surface area contributed by atoms with Gasteiger partial charge in [-0.1, -0.05) is 148 Å². The van der Waals surface area contributed by atoms with Crippen LogP contribution in [0.2, 0.25) is 0 Å². The number of nitrogens with zero attached hydrogens (tertiary/aromatic N) is 1. The molecule has 0 spiro atoms. The molecule has 1 rings (SSSR count). The van der Waals surface area contributed by atoms with Gasteiger partial charge in [-0.3, -0.25) is 9.59 Å². The van der Waals surface area contributed by atoms with Crippen LogP contribution in [0.5, 0.6) is 0 Å². The quantitative estimate of drug-likeness (QED) is 0.0402. The molecule has 1 aliphatic rings. The molecule has 1 saturated carbocycles. The maximum atomic E-state index is 12.7. The van der Waals surface area contributed by atoms with Crippen LogP contribution in [0.25, 0.3) is 0 Å². The van der Waals surface area contributed by atoms with Gasteiger partial charge in [-0.2, -0.15) is 0 Å². The fourth-order valence-corrected chi connectivity index (χ4v) is 7.69. The Labute approximate surface area is 310 Å². The van der Waals surface area contributed by atoms with Gasteiger partial charge >= 0.3 is 11.9 Å². The first kappa shape index (κ1) is 46.6. The topological polar surface area (TPSA) is 76.1 Å². The first-order valence-electron chi connectivity index (χ1n) is 21.9. The molecule has 0 heterocycles. The van der Waals surface area contributed by atoms with Gasteiger partial charge in [-0.15, -0.1) is 0 Å². The van der Waals surface area contributed by atoms with Crippen LogP contribution in [-0.4, -0.2) is 60.9 Å². The molecular formula is C44H83NO5. The van der Waals surface area contributed by atoms with Crippen molar-refractivity contribution < 1.29 is 24.2 Å². The summed E-state index contributed by atoms with van der Waals surface area (Å²) in [5.41, 5.74) is 0. The maximum Gasteiger partial charge on any atom is 0.306 e. The highest BCUT2D eigenvalue weighted by Gasteiger charge is 2.31. The summed E-state index contributed by atoms with van der Waals surface area (Å²) in [5, 5.41) is 9.53. The summed E-state index contributed by atoms with van der Waals surface area (Å²) >= 11 is 0. The SMILES string of the molecule is CCCCCC/C=C\COC(=O)CCCCCCCN(CCO)CCCCCCCC(=O)OC1CCC(CCCCC)C(CCCCCC)C1. The Balaban J connectivity index is 2.09. The molecule has 3 unspecified atom stereocenters. The van der Waals surface area contributed by atoms with Gasteiger partial charge in [0.2, 0.25) is 0 Å². The van der Waals surface area contributed by atoms with E-state index >= 15 is 0 Å². The number of carbonyl (C=O) groups excluding carboxylic acids is 2. The Morgan fingerprint density at radius 1 is 0.600 bits per heavy atom. The summed E-state index contributed by atoms with van der Waals surface area (Å²) < 4.78 is 11.3. The molecule has 50 heavy (non-hydrogen) atoms. The molecule has 0 amide bonds. The number of esters is 2. The van der Waals surface area contributed by atoms with E-state index in [0.717, 1.165) is 109 Å². The van der Waals surface area contributed by atoms with E-state index in [0.29, 0.717) is 19.4 Å². The highest BCUT2D eigenvalue weighted by Crippen LogP contribution is 2.38. The van der Waals surface area contributed by atoms with Crippen LogP contribution in [0.4, 0.5) is 0 Å². The Morgan fingerprint density at radius 3 is 1.80 bits per heavy atom. The van der Waals surface area contributed by atoms with E-state index in [1.165, 1.54) is 96.3 Å². The average molecular weight is 706 g/mol. The monoisotopic (exact) mass is 706 g/mol. The van der Waals surface area contributed by atoms with Crippen molar-refractivity contribution in [2.75, 3.05) is 32.8 Å². The Hall–Kier alpha value is -1.40. The van der Waals surface area contributed by atoms with E-state index in [1.54, 1.807) is 0 Å². The molecular weight excluding hydrogens is 622 g/mol. The van der Waals surface area contributed by atoms with Crippen molar-refractivity contribution in [1.82, 2.24) is 4.90 Å². The minimum atomic E-state index is -0.0817. The van der Waals surface area contributed by atoms with E-state index in [4.69, 9.17) is 9.47 Å². The predicted molar refractivity (Wildman–Crippen MR) is 211 cm³/mol. The lowest BCUT2D eigenvalue weighted by Gasteiger charge is -2.36. The van der Waals surface area contributed by atoms with Crippen molar-refractivity contribution >= 4 is 11.9 Å². The van der Waals surface area contributed by atoms with Crippen LogP contribution in [-0.2, 0) is 19.1 Å². The zero-order chi connectivity index (χ0) is 36.3. The van der Waals surface area contributed by atoms with E-state index in [-0.39, 0.29) is 24.6 Å². The molecule has 0 aliphatic heterocycles. The Bertz CT molecular complexity index is 801. The van der Waals surface area contributed by atoms with Crippen molar-refractivity contribution in [2.24, 2.45) is 11.8 Å². The first-order chi connectivity index (χ1) is 24.5. The van der Waals surface area contributed by atoms with E-state index in [9.17, 15) is 14.7 Å². The second kappa shape index (κ2) is 34.7. The fourth-order valence-electron chi connectivity index (χ4n) is 7.69. The Morgan fingerprint density at radius 2 is 1.14 bits per heavy atom. The van der Waals surface area contributed by atoms with Crippen molar-refractivity contribution in [3.05, 3.63) is 12.2 Å². The third kappa shape index (κ3) is 27.3. The van der Waals surface area contributed by atoms with Gasteiger partial charge in [0.05, 0.1) is 6.61 Å². The van der Waals surface area contributed by atoms with Crippen molar-refractivity contribution in [3.63, 3.8) is 0 Å². The number of aliphatic hydroxyl groups excluding tert-OH is 1. The lowest BCUT2D eigenvalue weighted by atomic mass is 9.73. The lowest BCUT2D eigenvalue weighted by Crippen LogP contribution is -2.31. The predicted octanol–water partition coefficient (Wildman–Crippen LogP) is 11.9. The first-order valence-corrected chi connectivity index (χ1v) is 21.9. The molecule has 0 aromatic heterocycles. The van der Waals surface area contributed by atoms with E-state index in [1.807, 2.05) is 6.08 Å². The highest BCUT2D eigenvalue weighted by atomic mass is 16.5. The van der Waals surface area contributed by atoms with Gasteiger partial charge in [0.25, 0.3) is 0 Å². The molecule has 0 aromatic rings. The van der Waals surface area contributed by atoms with Crippen LogP contribution in [0, 0.1) is 11.8 Å². The molecule has 294 valence electrons. The maximum absolute atomic E-state index is 12.7. The fraction of sp³-hybridized carbons (Fsp3) is 0.909. The standard InChI is InChI=1S/C44H83NO5/c1-4-7-10-12-13-20-27-38-49-43(47)30-23-16-14-18-25-34-45(36-37-46)35-26-19-15-17-24-31-44(48)50-42-33-32-40(28-21-9-6-3)41(39-42)29-22-11-8-5-2/h20,27,40-42,46H,4-19,21-26,28-39H2,1-3H3/b27-20-. The minimum Gasteiger partial charge on any atom is -0.462 e. The molecule has 0 radical (unpaired) electrons. The molecule has 0 bridgehead atoms. The number of aliphatic hydroxyl groups is 1. The lowest BCUT2D eigenvalue weighted by molar-refractivity contribution is -0.152. The third-order valence-electron chi connectivity index (χ3n) is 10.9. The van der Waals surface area contributed by atoms with Gasteiger partial charge < -0.3 is 19.5 Å². The van der Waals surface area contributed by atoms with E-state index in [2.05, 4.69) is 31.7 Å². The second-order valence-electron chi connectivity index (χ2n) is 15.4. The summed E-state index contributed by atoms with van der Waals surface area (Å²) in [6.07, 6.45) is 37.7. The van der Waals surface area contributed by atoms with Crippen molar-refractivity contribution in [1.29, 1.82) is 0 Å². The smallest absolute Gasteiger partial charge is 0.306 e. The van der Waals surface area contributed by atoms with Crippen LogP contribution in [0.1, 0.15) is 207 Å². The number of hydrogen-bond acceptors (Lipinski definition) is 6. The molecule has 3 atom stereocenters. The van der Waals surface area contributed by atoms with Crippen LogP contribution >= 0.6 is 0 Å². The largest absolute Gasteiger partial charge is 0.462 e. The van der Waals surface area contributed by atoms with Gasteiger partial charge in [0.15, 0.2) is 0 Å². The summed E-state index contributed by atoms with van der Waals surface area (Å²) in [7, 11) is 0. The second-order valence-corrected chi connectivity index (χ2v) is 15.4. The molecule has 1 aliphatic carbocycles. The number of rotatable bonds is 35. The summed E-state index contributed by atoms with van der Waals surface area (Å²) in [6, 6.07) is 0. The number of allylic oxidation sites excluding steroid dienone is 1. The summed E-state index contributed by atoms with van der Waals surface area (Å²) in [5.74, 6) is 1.52. The molecule has 1 N–H and O–H groups in total. The molecule has 1 fully saturated rings. The normalized spacial score (nSPS) is 17.9. The molecule has 6 nitrogen and oxygen atoms in total. The molecule has 0 saturated heterocycles. The van der Waals surface area contributed by atoms with Crippen LogP contribution in [0.15, 0.2) is 12.2 Å². The third-order valence-corrected chi connectivity index (χ3v) is 10.9. The number of ether oxygens (including phenoxy) is 2. The zero-order valence-corrected chi connectivity index (χ0v) is 33.5. The number of carbonyl (C=O) groups is 2.